The summed E-state index contributed by atoms with van der Waals surface area (Å²) < 4.78 is 10.8. The van der Waals surface area contributed by atoms with Crippen molar-refractivity contribution in [1.82, 2.24) is 9.80 Å². The molecule has 31 heavy (non-hydrogen) atoms. The third-order valence-corrected chi connectivity index (χ3v) is 7.55. The molecule has 0 aromatic heterocycles. The summed E-state index contributed by atoms with van der Waals surface area (Å²) in [5.41, 5.74) is 2.65. The zero-order valence-corrected chi connectivity index (χ0v) is 19.4. The van der Waals surface area contributed by atoms with Gasteiger partial charge >= 0.3 is 0 Å². The van der Waals surface area contributed by atoms with Gasteiger partial charge in [-0.2, -0.15) is 0 Å². The molecule has 6 nitrogen and oxygen atoms in total. The SMILES string of the molecule is COc1ccc(C2=CC(=O)N3C=C(N(CC(C)=N)CC4CCC4)C=CC3P2)cc1OC. The van der Waals surface area contributed by atoms with Crippen molar-refractivity contribution in [1.29, 1.82) is 5.41 Å². The summed E-state index contributed by atoms with van der Waals surface area (Å²) in [5, 5.41) is 8.99. The first-order chi connectivity index (χ1) is 15.0. The summed E-state index contributed by atoms with van der Waals surface area (Å²) in [7, 11) is 3.68. The van der Waals surface area contributed by atoms with Crippen molar-refractivity contribution in [3.05, 3.63) is 53.9 Å². The average molecular weight is 439 g/mol. The van der Waals surface area contributed by atoms with E-state index in [0.29, 0.717) is 38.3 Å². The van der Waals surface area contributed by atoms with Crippen LogP contribution >= 0.6 is 8.58 Å². The molecule has 3 aliphatic rings. The standard InChI is InChI=1S/C24H30N3O3P/c1-16(25)13-26(14-17-5-4-6-17)19-8-10-24-27(15-19)23(28)12-22(31-24)18-7-9-20(29-2)21(11-18)30-3/h7-12,15,17,24-25,31H,4-6,13-14H2,1-3H3. The Morgan fingerprint density at radius 2 is 2.03 bits per heavy atom. The Bertz CT molecular complexity index is 965. The highest BCUT2D eigenvalue weighted by Crippen LogP contribution is 2.46. The molecular weight excluding hydrogens is 409 g/mol. The van der Waals surface area contributed by atoms with E-state index >= 15 is 0 Å². The summed E-state index contributed by atoms with van der Waals surface area (Å²) in [6.07, 6.45) is 11.8. The molecule has 7 heteroatoms. The van der Waals surface area contributed by atoms with E-state index in [9.17, 15) is 4.79 Å². The molecule has 164 valence electrons. The van der Waals surface area contributed by atoms with Gasteiger partial charge < -0.3 is 24.7 Å². The van der Waals surface area contributed by atoms with Crippen LogP contribution in [0.15, 0.2) is 48.3 Å². The lowest BCUT2D eigenvalue weighted by Gasteiger charge is -2.39. The summed E-state index contributed by atoms with van der Waals surface area (Å²) in [5.74, 6) is 2.05. The minimum atomic E-state index is -0.00875. The number of ether oxygens (including phenoxy) is 2. The molecule has 2 unspecified atom stereocenters. The molecule has 1 fully saturated rings. The van der Waals surface area contributed by atoms with Crippen molar-refractivity contribution in [3.8, 4) is 11.5 Å². The number of nitrogens with one attached hydrogen (secondary N) is 1. The minimum Gasteiger partial charge on any atom is -0.493 e. The van der Waals surface area contributed by atoms with Crippen LogP contribution in [0.1, 0.15) is 31.7 Å². The Morgan fingerprint density at radius 3 is 2.68 bits per heavy atom. The Hall–Kier alpha value is -2.59. The number of nitrogens with zero attached hydrogens (tertiary/aromatic N) is 2. The Balaban J connectivity index is 1.56. The fourth-order valence-corrected chi connectivity index (χ4v) is 5.54. The first-order valence-corrected chi connectivity index (χ1v) is 11.8. The zero-order chi connectivity index (χ0) is 22.0. The van der Waals surface area contributed by atoms with Crippen LogP contribution in [-0.4, -0.2) is 54.5 Å². The van der Waals surface area contributed by atoms with E-state index in [2.05, 4.69) is 17.1 Å². The van der Waals surface area contributed by atoms with Gasteiger partial charge in [-0.3, -0.25) is 4.79 Å². The van der Waals surface area contributed by atoms with Crippen molar-refractivity contribution >= 4 is 25.5 Å². The second kappa shape index (κ2) is 9.27. The first kappa shape index (κ1) is 21.6. The van der Waals surface area contributed by atoms with Gasteiger partial charge in [0.05, 0.1) is 32.2 Å². The van der Waals surface area contributed by atoms with Crippen LogP contribution in [0.5, 0.6) is 11.5 Å². The van der Waals surface area contributed by atoms with E-state index in [0.717, 1.165) is 23.1 Å². The molecule has 2 aliphatic heterocycles. The highest BCUT2D eigenvalue weighted by atomic mass is 31.1. The maximum Gasteiger partial charge on any atom is 0.252 e. The third-order valence-electron chi connectivity index (χ3n) is 6.04. The number of fused-ring (bicyclic) bond motifs is 1. The van der Waals surface area contributed by atoms with Gasteiger partial charge in [0.25, 0.3) is 5.91 Å². The van der Waals surface area contributed by atoms with Crippen molar-refractivity contribution in [2.24, 2.45) is 5.92 Å². The molecule has 1 aromatic carbocycles. The monoisotopic (exact) mass is 439 g/mol. The third kappa shape index (κ3) is 4.69. The summed E-state index contributed by atoms with van der Waals surface area (Å²) >= 11 is 0. The van der Waals surface area contributed by atoms with E-state index in [1.54, 1.807) is 20.3 Å². The van der Waals surface area contributed by atoms with Crippen LogP contribution in [0.2, 0.25) is 0 Å². The average Bonchev–Trinajstić information content (AvgIpc) is 2.74. The molecule has 2 heterocycles. The zero-order valence-electron chi connectivity index (χ0n) is 18.4. The highest BCUT2D eigenvalue weighted by Gasteiger charge is 2.30. The molecule has 0 bridgehead atoms. The molecule has 1 N–H and O–H groups in total. The highest BCUT2D eigenvalue weighted by molar-refractivity contribution is 7.51. The van der Waals surface area contributed by atoms with E-state index in [4.69, 9.17) is 14.9 Å². The second-order valence-electron chi connectivity index (χ2n) is 8.33. The van der Waals surface area contributed by atoms with Gasteiger partial charge in [0.2, 0.25) is 0 Å². The van der Waals surface area contributed by atoms with Gasteiger partial charge in [-0.15, -0.1) is 0 Å². The number of methoxy groups -OCH3 is 2. The number of allylic oxidation sites excluding steroid dienone is 1. The number of carbonyl (C=O) groups is 1. The number of benzene rings is 1. The van der Waals surface area contributed by atoms with Gasteiger partial charge in [0.15, 0.2) is 11.5 Å². The molecule has 1 aliphatic carbocycles. The number of carbonyl (C=O) groups excluding carboxylic acids is 1. The van der Waals surface area contributed by atoms with E-state index in [-0.39, 0.29) is 11.7 Å². The van der Waals surface area contributed by atoms with Crippen LogP contribution in [0, 0.1) is 11.3 Å². The quantitative estimate of drug-likeness (QED) is 0.480. The topological polar surface area (TPSA) is 65.9 Å². The predicted molar refractivity (Wildman–Crippen MR) is 126 cm³/mol. The molecule has 1 aromatic rings. The molecule has 0 spiro atoms. The minimum absolute atomic E-state index is 0.00875. The van der Waals surface area contributed by atoms with Crippen molar-refractivity contribution < 1.29 is 14.3 Å². The molecular formula is C24H30N3O3P. The van der Waals surface area contributed by atoms with Crippen molar-refractivity contribution in [3.63, 3.8) is 0 Å². The van der Waals surface area contributed by atoms with E-state index in [1.807, 2.05) is 36.2 Å². The fourth-order valence-electron chi connectivity index (χ4n) is 4.16. The lowest BCUT2D eigenvalue weighted by Crippen LogP contribution is -2.40. The number of hydrogen-bond donors (Lipinski definition) is 1. The number of rotatable bonds is 8. The van der Waals surface area contributed by atoms with Gasteiger partial charge in [-0.05, 0) is 54.8 Å². The lowest BCUT2D eigenvalue weighted by molar-refractivity contribution is -0.123. The molecule has 0 radical (unpaired) electrons. The van der Waals surface area contributed by atoms with Gasteiger partial charge in [0, 0.05) is 24.5 Å². The maximum atomic E-state index is 13.0. The Morgan fingerprint density at radius 1 is 1.26 bits per heavy atom. The fraction of sp³-hybridized carbons (Fsp3) is 0.417. The molecule has 2 atom stereocenters. The van der Waals surface area contributed by atoms with Crippen molar-refractivity contribution in [2.75, 3.05) is 27.3 Å². The lowest BCUT2D eigenvalue weighted by atomic mass is 9.85. The van der Waals surface area contributed by atoms with Gasteiger partial charge in [0.1, 0.15) is 0 Å². The van der Waals surface area contributed by atoms with E-state index < -0.39 is 0 Å². The molecule has 1 saturated carbocycles. The molecule has 4 rings (SSSR count). The van der Waals surface area contributed by atoms with Crippen LogP contribution in [0.4, 0.5) is 0 Å². The Labute approximate surface area is 185 Å². The second-order valence-corrected chi connectivity index (χ2v) is 9.75. The predicted octanol–water partition coefficient (Wildman–Crippen LogP) is 4.44. The van der Waals surface area contributed by atoms with Gasteiger partial charge in [-0.25, -0.2) is 0 Å². The number of hydrogen-bond acceptors (Lipinski definition) is 5. The number of amides is 1. The summed E-state index contributed by atoms with van der Waals surface area (Å²) in [4.78, 5) is 17.1. The molecule has 1 amide bonds. The van der Waals surface area contributed by atoms with Gasteiger partial charge in [-0.1, -0.05) is 27.1 Å². The normalized spacial score (nSPS) is 21.2. The summed E-state index contributed by atoms with van der Waals surface area (Å²) in [6.45, 7) is 3.40. The van der Waals surface area contributed by atoms with Crippen molar-refractivity contribution in [2.45, 2.75) is 32.0 Å². The van der Waals surface area contributed by atoms with Crippen LogP contribution < -0.4 is 9.47 Å². The maximum absolute atomic E-state index is 13.0. The van der Waals surface area contributed by atoms with E-state index in [1.165, 1.54) is 19.3 Å². The Kier molecular flexibility index (Phi) is 6.47. The summed E-state index contributed by atoms with van der Waals surface area (Å²) in [6, 6.07) is 5.79. The van der Waals surface area contributed by atoms with Crippen LogP contribution in [0.3, 0.4) is 0 Å². The van der Waals surface area contributed by atoms with Crippen LogP contribution in [0.25, 0.3) is 5.31 Å². The largest absolute Gasteiger partial charge is 0.493 e. The van der Waals surface area contributed by atoms with Crippen LogP contribution in [-0.2, 0) is 4.79 Å². The molecule has 0 saturated heterocycles. The smallest absolute Gasteiger partial charge is 0.252 e. The first-order valence-electron chi connectivity index (χ1n) is 10.7.